The number of aryl methyl sites for hydroxylation is 4. The number of primary amides is 1. The molecule has 34 heteroatoms. The van der Waals surface area contributed by atoms with Gasteiger partial charge in [-0.25, -0.2) is 31.9 Å². The summed E-state index contributed by atoms with van der Waals surface area (Å²) in [7, 11) is 0.566. The van der Waals surface area contributed by atoms with E-state index in [9.17, 15) is 64.3 Å². The van der Waals surface area contributed by atoms with Crippen molar-refractivity contribution in [3.63, 3.8) is 0 Å². The number of hydrogen-bond acceptors (Lipinski definition) is 16. The van der Waals surface area contributed by atoms with Crippen LogP contribution in [0.2, 0.25) is 0 Å². The lowest BCUT2D eigenvalue weighted by molar-refractivity contribution is -0.0499. The van der Waals surface area contributed by atoms with Crippen molar-refractivity contribution >= 4 is 117 Å². The lowest BCUT2D eigenvalue weighted by Gasteiger charge is -2.19. The number of nitrogens with zero attached hydrogens (tertiary/aromatic N) is 7. The molecule has 0 radical (unpaired) electrons. The number of carbonyl (C=O) groups is 1. The second kappa shape index (κ2) is 31.9. The van der Waals surface area contributed by atoms with Gasteiger partial charge >= 0.3 is 27.0 Å². The number of benzene rings is 7. The number of carbonyl (C=O) groups excluding carboxylic acids is 1. The number of alkyl halides is 3. The molecule has 0 saturated carbocycles. The SMILES string of the molecule is COc1ccc(Cn2c(=O)c3c(OS(=O)(=O)C(F)(F)F)cc(=O)n(C)c3n(-c3ccc(I)cc3F)c2=O)cc1.COc1ccc(Cn2c(=O)c3c(Oc4ccccc4C)cc(=O)n(C)c3n(-c3ccc(I)cc3F)c2=O)cc1.Cc1ccccc1Oc1cc(=O)n(C)c(Nc2ccc(I)cc2F)c1C(N)=O. The van der Waals surface area contributed by atoms with E-state index in [0.717, 1.165) is 44.0 Å². The second-order valence-electron chi connectivity index (χ2n) is 23.1. The van der Waals surface area contributed by atoms with Gasteiger partial charge < -0.3 is 34.2 Å². The van der Waals surface area contributed by atoms with E-state index in [1.165, 1.54) is 99.6 Å². The Morgan fingerprint density at radius 3 is 1.29 bits per heavy atom. The first kappa shape index (κ1) is 77.9. The Labute approximate surface area is 636 Å². The predicted molar refractivity (Wildman–Crippen MR) is 408 cm³/mol. The monoisotopic (exact) mass is 1810 g/mol. The molecule has 1 amide bonds. The fraction of sp³-hybridized carbons (Fsp3) is 0.139. The van der Waals surface area contributed by atoms with Crippen LogP contribution in [-0.2, 0) is 44.4 Å². The average molecular weight is 1810 g/mol. The minimum atomic E-state index is -6.34. The molecule has 5 aromatic heterocycles. The number of nitrogens with two attached hydrogens (primary N) is 1. The van der Waals surface area contributed by atoms with Gasteiger partial charge in [-0.1, -0.05) is 60.7 Å². The van der Waals surface area contributed by atoms with Gasteiger partial charge in [0.1, 0.15) is 85.4 Å². The molecule has 24 nitrogen and oxygen atoms in total. The van der Waals surface area contributed by atoms with Crippen LogP contribution in [0.25, 0.3) is 33.4 Å². The highest BCUT2D eigenvalue weighted by Gasteiger charge is 2.49. The van der Waals surface area contributed by atoms with E-state index in [1.54, 1.807) is 83.3 Å². The number of ether oxygens (including phenoxy) is 4. The van der Waals surface area contributed by atoms with E-state index in [1.807, 2.05) is 83.3 Å². The highest BCUT2D eigenvalue weighted by atomic mass is 127. The summed E-state index contributed by atoms with van der Waals surface area (Å²) in [6, 6.07) is 42.5. The molecule has 3 N–H and O–H groups in total. The lowest BCUT2D eigenvalue weighted by atomic mass is 10.2. The zero-order valence-electron chi connectivity index (χ0n) is 56.2. The standard InChI is InChI=1S/C29H23FIN3O5.C23H16F4IN3O7S.C20H17FIN3O3/c1-17-6-4-5-7-23(17)39-24-15-25(35)32(2)27-26(24)28(36)33(16-18-8-11-20(38-3)12-9-18)29(37)34(27)22-13-10-19(31)14-21(22)30;1-29-18(32)10-17(38-39(35,36)23(25,26)27)19-20(29)31(16-8-5-13(28)9-15(16)24)22(34)30(21(19)33)11-12-3-6-14(37-2)7-4-12;1-11-5-3-4-6-15(11)28-16-10-17(26)25(2)20(18(16)19(23)27)24-14-8-7-12(22)9-13(14)21/h4-15H,16H2,1-3H3;3-10H,11H2,1-2H3;3-10,24H,1-2H3,(H2,23,27). The highest BCUT2D eigenvalue weighted by molar-refractivity contribution is 14.1. The Bertz CT molecular complexity index is 6090. The van der Waals surface area contributed by atoms with E-state index < -0.39 is 107 Å². The Hall–Kier alpha value is -10.7. The van der Waals surface area contributed by atoms with Gasteiger partial charge in [-0.3, -0.25) is 51.6 Å². The second-order valence-corrected chi connectivity index (χ2v) is 28.4. The summed E-state index contributed by atoms with van der Waals surface area (Å²) < 4.78 is 142. The van der Waals surface area contributed by atoms with Crippen molar-refractivity contribution in [2.75, 3.05) is 19.5 Å². The first-order valence-corrected chi connectivity index (χ1v) is 35.5. The molecule has 0 fully saturated rings. The molecule has 0 unspecified atom stereocenters. The molecule has 5 heterocycles. The van der Waals surface area contributed by atoms with Crippen LogP contribution < -0.4 is 73.4 Å². The maximum Gasteiger partial charge on any atom is 0.534 e. The molecule has 0 aliphatic rings. The third kappa shape index (κ3) is 16.4. The number of para-hydroxylation sites is 2. The fourth-order valence-electron chi connectivity index (χ4n) is 10.7. The maximum atomic E-state index is 15.3. The van der Waals surface area contributed by atoms with E-state index >= 15 is 8.78 Å². The zero-order chi connectivity index (χ0) is 77.1. The summed E-state index contributed by atoms with van der Waals surface area (Å²) in [4.78, 5) is 106. The smallest absolute Gasteiger partial charge is 0.497 e. The number of fused-ring (bicyclic) bond motifs is 2. The predicted octanol–water partition coefficient (Wildman–Crippen LogP) is 11.7. The van der Waals surface area contributed by atoms with Crippen LogP contribution in [0.1, 0.15) is 32.6 Å². The molecule has 0 aliphatic carbocycles. The van der Waals surface area contributed by atoms with Crippen molar-refractivity contribution in [3.8, 4) is 51.6 Å². The largest absolute Gasteiger partial charge is 0.534 e. The summed E-state index contributed by atoms with van der Waals surface area (Å²) in [5.74, 6) is -2.28. The quantitative estimate of drug-likeness (QED) is 0.0371. The van der Waals surface area contributed by atoms with Crippen LogP contribution in [0.4, 0.5) is 37.8 Å². The number of nitrogens with one attached hydrogen (secondary N) is 1. The topological polar surface area (TPSA) is 289 Å². The number of anilines is 2. The number of rotatable bonds is 17. The minimum Gasteiger partial charge on any atom is -0.497 e. The first-order valence-electron chi connectivity index (χ1n) is 30.8. The molecule has 0 atom stereocenters. The number of halogens is 9. The number of amides is 1. The molecule has 0 bridgehead atoms. The van der Waals surface area contributed by atoms with Gasteiger partial charge in [0.2, 0.25) is 0 Å². The normalized spacial score (nSPS) is 11.3. The summed E-state index contributed by atoms with van der Waals surface area (Å²) in [6.07, 6.45) is 0. The number of methoxy groups -OCH3 is 2. The van der Waals surface area contributed by atoms with Crippen LogP contribution in [0.15, 0.2) is 203 Å². The number of pyridine rings is 3. The Balaban J connectivity index is 0.000000173. The van der Waals surface area contributed by atoms with Gasteiger partial charge in [-0.05, 0) is 195 Å². The number of aromatic nitrogens is 7. The van der Waals surface area contributed by atoms with Gasteiger partial charge in [0.15, 0.2) is 5.75 Å². The minimum absolute atomic E-state index is 0.00156. The zero-order valence-corrected chi connectivity index (χ0v) is 63.5. The van der Waals surface area contributed by atoms with Crippen molar-refractivity contribution in [1.29, 1.82) is 0 Å². The van der Waals surface area contributed by atoms with Gasteiger partial charge in [0.05, 0.1) is 44.4 Å². The lowest BCUT2D eigenvalue weighted by Crippen LogP contribution is -2.42. The van der Waals surface area contributed by atoms with Crippen LogP contribution in [-0.4, -0.2) is 66.0 Å². The first-order chi connectivity index (χ1) is 50.1. The van der Waals surface area contributed by atoms with Gasteiger partial charge in [0, 0.05) is 50.1 Å². The Kier molecular flexibility index (Phi) is 23.4. The van der Waals surface area contributed by atoms with Crippen LogP contribution >= 0.6 is 67.8 Å². The maximum absolute atomic E-state index is 15.3. The van der Waals surface area contributed by atoms with Crippen molar-refractivity contribution < 1.29 is 62.7 Å². The van der Waals surface area contributed by atoms with E-state index in [2.05, 4.69) is 9.50 Å². The molecule has 12 rings (SSSR count). The van der Waals surface area contributed by atoms with Crippen LogP contribution in [0.3, 0.4) is 0 Å². The summed E-state index contributed by atoms with van der Waals surface area (Å²) in [5, 5.41) is 1.89. The summed E-state index contributed by atoms with van der Waals surface area (Å²) in [6.45, 7) is 3.10. The third-order valence-corrected chi connectivity index (χ3v) is 19.2. The van der Waals surface area contributed by atoms with E-state index in [-0.39, 0.29) is 51.8 Å². The molecular formula is C72H56F6I3N9O15S. The third-order valence-electron chi connectivity index (χ3n) is 16.2. The molecule has 0 aliphatic heterocycles. The summed E-state index contributed by atoms with van der Waals surface area (Å²) in [5.41, 5.74) is -5.02. The van der Waals surface area contributed by atoms with E-state index in [0.29, 0.717) is 64.6 Å². The van der Waals surface area contributed by atoms with Crippen molar-refractivity contribution in [1.82, 2.24) is 32.0 Å². The van der Waals surface area contributed by atoms with Gasteiger partial charge in [-0.2, -0.15) is 21.6 Å². The molecule has 106 heavy (non-hydrogen) atoms. The van der Waals surface area contributed by atoms with Crippen molar-refractivity contribution in [3.05, 3.63) is 299 Å². The van der Waals surface area contributed by atoms with Gasteiger partial charge in [0.25, 0.3) is 33.7 Å². The molecular weight excluding hydrogens is 1760 g/mol. The highest BCUT2D eigenvalue weighted by Crippen LogP contribution is 2.35. The summed E-state index contributed by atoms with van der Waals surface area (Å²) >= 11 is 5.75. The molecule has 7 aromatic carbocycles. The van der Waals surface area contributed by atoms with Crippen molar-refractivity contribution in [2.45, 2.75) is 32.4 Å². The van der Waals surface area contributed by atoms with Crippen molar-refractivity contribution in [2.24, 2.45) is 26.9 Å². The Morgan fingerprint density at radius 1 is 0.500 bits per heavy atom. The average Bonchev–Trinajstić information content (AvgIpc) is 0.732. The van der Waals surface area contributed by atoms with E-state index in [4.69, 9.17) is 24.7 Å². The van der Waals surface area contributed by atoms with Crippen LogP contribution in [0.5, 0.6) is 40.2 Å². The van der Waals surface area contributed by atoms with Gasteiger partial charge in [-0.15, -0.1) is 0 Å². The Morgan fingerprint density at radius 2 is 0.887 bits per heavy atom. The fourth-order valence-corrected chi connectivity index (χ4v) is 12.6. The molecule has 548 valence electrons. The van der Waals surface area contributed by atoms with Crippen LogP contribution in [0, 0.1) is 42.0 Å². The molecule has 0 saturated heterocycles. The molecule has 12 aromatic rings. The number of hydrogen-bond donors (Lipinski definition) is 2. The molecule has 0 spiro atoms.